The second-order valence-electron chi connectivity index (χ2n) is 4.43. The van der Waals surface area contributed by atoms with E-state index in [1.807, 2.05) is 24.3 Å². The maximum absolute atomic E-state index is 12.4. The molecule has 0 saturated carbocycles. The predicted molar refractivity (Wildman–Crippen MR) is 88.4 cm³/mol. The van der Waals surface area contributed by atoms with Crippen molar-refractivity contribution in [2.24, 2.45) is 0 Å². The van der Waals surface area contributed by atoms with Gasteiger partial charge >= 0.3 is 7.60 Å². The van der Waals surface area contributed by atoms with Gasteiger partial charge in [0.15, 0.2) is 0 Å². The molecule has 118 valence electrons. The molecule has 22 heavy (non-hydrogen) atoms. The predicted octanol–water partition coefficient (Wildman–Crippen LogP) is 5.01. The third-order valence-electron chi connectivity index (χ3n) is 2.80. The number of pyridine rings is 1. The first-order valence-corrected chi connectivity index (χ1v) is 9.24. The third kappa shape index (κ3) is 4.92. The Morgan fingerprint density at radius 3 is 2.77 bits per heavy atom. The summed E-state index contributed by atoms with van der Waals surface area (Å²) < 4.78 is 29.2. The Morgan fingerprint density at radius 2 is 2.09 bits per heavy atom. The van der Waals surface area contributed by atoms with Crippen LogP contribution in [-0.4, -0.2) is 18.7 Å². The molecular weight excluding hydrogens is 369 g/mol. The molecule has 0 aliphatic rings. The first-order chi connectivity index (χ1) is 10.5. The normalized spacial score (nSPS) is 13.6. The highest BCUT2D eigenvalue weighted by atomic mass is 79.9. The lowest BCUT2D eigenvalue weighted by Gasteiger charge is -2.15. The Balaban J connectivity index is 2.14. The Hall–Kier alpha value is -1.20. The van der Waals surface area contributed by atoms with Gasteiger partial charge in [-0.25, -0.2) is 4.98 Å². The Bertz CT molecular complexity index is 680. The molecule has 0 saturated heterocycles. The van der Waals surface area contributed by atoms with Gasteiger partial charge < -0.3 is 13.8 Å². The number of aromatic nitrogens is 1. The van der Waals surface area contributed by atoms with E-state index in [1.165, 1.54) is 7.11 Å². The minimum Gasteiger partial charge on any atom is -0.439 e. The van der Waals surface area contributed by atoms with E-state index in [4.69, 9.17) is 13.8 Å². The molecular formula is C15H17BrNO4P. The Labute approximate surface area is 138 Å². The van der Waals surface area contributed by atoms with Crippen molar-refractivity contribution in [3.05, 3.63) is 52.6 Å². The lowest BCUT2D eigenvalue weighted by Crippen LogP contribution is -1.97. The summed E-state index contributed by atoms with van der Waals surface area (Å²) in [5.74, 6) is 1.09. The molecule has 2 aromatic rings. The zero-order valence-corrected chi connectivity index (χ0v) is 14.8. The minimum absolute atomic E-state index is 0.195. The molecule has 0 N–H and O–H groups in total. The van der Waals surface area contributed by atoms with Gasteiger partial charge in [0.1, 0.15) is 5.75 Å². The molecule has 0 aliphatic carbocycles. The fraction of sp³-hybridized carbons (Fsp3) is 0.267. The lowest BCUT2D eigenvalue weighted by molar-refractivity contribution is 0.243. The van der Waals surface area contributed by atoms with Crippen molar-refractivity contribution in [2.45, 2.75) is 13.1 Å². The Kier molecular flexibility index (Phi) is 6.15. The van der Waals surface area contributed by atoms with E-state index in [1.54, 1.807) is 25.3 Å². The molecule has 1 aromatic carbocycles. The van der Waals surface area contributed by atoms with Crippen molar-refractivity contribution in [2.75, 3.05) is 13.7 Å². The summed E-state index contributed by atoms with van der Waals surface area (Å²) in [7, 11) is -1.72. The summed E-state index contributed by atoms with van der Waals surface area (Å²) >= 11 is 3.37. The molecule has 1 heterocycles. The van der Waals surface area contributed by atoms with Gasteiger partial charge in [0.25, 0.3) is 0 Å². The third-order valence-corrected chi connectivity index (χ3v) is 5.25. The number of rotatable bonds is 7. The van der Waals surface area contributed by atoms with Crippen LogP contribution in [0.4, 0.5) is 0 Å². The summed E-state index contributed by atoms with van der Waals surface area (Å²) in [5.41, 5.74) is 0.811. The number of hydrogen-bond donors (Lipinski definition) is 0. The average molecular weight is 386 g/mol. The summed E-state index contributed by atoms with van der Waals surface area (Å²) in [6, 6.07) is 10.9. The maximum Gasteiger partial charge on any atom is 0.334 e. The molecule has 0 bridgehead atoms. The van der Waals surface area contributed by atoms with Crippen molar-refractivity contribution in [3.8, 4) is 11.6 Å². The van der Waals surface area contributed by atoms with Crippen LogP contribution in [0.1, 0.15) is 12.5 Å². The molecule has 1 aromatic heterocycles. The molecule has 5 nitrogen and oxygen atoms in total. The fourth-order valence-electron chi connectivity index (χ4n) is 1.85. The topological polar surface area (TPSA) is 57.7 Å². The van der Waals surface area contributed by atoms with Gasteiger partial charge in [-0.05, 0) is 30.7 Å². The van der Waals surface area contributed by atoms with Crippen LogP contribution < -0.4 is 4.74 Å². The lowest BCUT2D eigenvalue weighted by atomic mass is 10.2. The highest BCUT2D eigenvalue weighted by Crippen LogP contribution is 2.50. The van der Waals surface area contributed by atoms with Gasteiger partial charge in [-0.3, -0.25) is 4.57 Å². The van der Waals surface area contributed by atoms with Gasteiger partial charge in [0, 0.05) is 23.8 Å². The van der Waals surface area contributed by atoms with E-state index in [0.29, 0.717) is 18.2 Å². The molecule has 0 spiro atoms. The zero-order valence-electron chi connectivity index (χ0n) is 12.4. The van der Waals surface area contributed by atoms with Crippen LogP contribution in [0.3, 0.4) is 0 Å². The van der Waals surface area contributed by atoms with Crippen LogP contribution in [0, 0.1) is 0 Å². The standard InChI is InChI=1S/C15H17BrNO4P/c1-3-20-22(18,19-2)11-12-5-4-6-14(9-12)21-15-10-13(16)7-8-17-15/h4-10H,3,11H2,1-2H3. The largest absolute Gasteiger partial charge is 0.439 e. The van der Waals surface area contributed by atoms with Crippen molar-refractivity contribution >= 4 is 23.5 Å². The smallest absolute Gasteiger partial charge is 0.334 e. The minimum atomic E-state index is -3.11. The second kappa shape index (κ2) is 7.88. The summed E-state index contributed by atoms with van der Waals surface area (Å²) in [5, 5.41) is 0. The van der Waals surface area contributed by atoms with Crippen LogP contribution in [-0.2, 0) is 19.8 Å². The van der Waals surface area contributed by atoms with E-state index in [2.05, 4.69) is 20.9 Å². The van der Waals surface area contributed by atoms with Crippen LogP contribution >= 0.6 is 23.5 Å². The van der Waals surface area contributed by atoms with Crippen molar-refractivity contribution in [1.82, 2.24) is 4.98 Å². The first kappa shape index (κ1) is 17.2. The molecule has 1 atom stereocenters. The SMILES string of the molecule is CCOP(=O)(Cc1cccc(Oc2cc(Br)ccn2)c1)OC. The molecule has 7 heteroatoms. The van der Waals surface area contributed by atoms with Gasteiger partial charge in [-0.1, -0.05) is 28.1 Å². The highest BCUT2D eigenvalue weighted by molar-refractivity contribution is 9.10. The second-order valence-corrected chi connectivity index (χ2v) is 7.51. The highest BCUT2D eigenvalue weighted by Gasteiger charge is 2.23. The number of benzene rings is 1. The van der Waals surface area contributed by atoms with Gasteiger partial charge in [-0.2, -0.15) is 0 Å². The summed E-state index contributed by atoms with van der Waals surface area (Å²) in [4.78, 5) is 4.13. The average Bonchev–Trinajstić information content (AvgIpc) is 2.48. The fourth-order valence-corrected chi connectivity index (χ4v) is 3.53. The van der Waals surface area contributed by atoms with Crippen molar-refractivity contribution in [1.29, 1.82) is 0 Å². The Morgan fingerprint density at radius 1 is 1.27 bits per heavy atom. The van der Waals surface area contributed by atoms with Gasteiger partial charge in [-0.15, -0.1) is 0 Å². The quantitative estimate of drug-likeness (QED) is 0.626. The van der Waals surface area contributed by atoms with E-state index in [0.717, 1.165) is 10.0 Å². The first-order valence-electron chi connectivity index (χ1n) is 6.72. The van der Waals surface area contributed by atoms with Crippen LogP contribution in [0.25, 0.3) is 0 Å². The molecule has 2 rings (SSSR count). The van der Waals surface area contributed by atoms with E-state index in [-0.39, 0.29) is 6.16 Å². The van der Waals surface area contributed by atoms with Gasteiger partial charge in [0.2, 0.25) is 5.88 Å². The number of halogens is 1. The van der Waals surface area contributed by atoms with Crippen molar-refractivity contribution < 1.29 is 18.3 Å². The molecule has 0 radical (unpaired) electrons. The van der Waals surface area contributed by atoms with Crippen LogP contribution in [0.5, 0.6) is 11.6 Å². The van der Waals surface area contributed by atoms with Crippen molar-refractivity contribution in [3.63, 3.8) is 0 Å². The maximum atomic E-state index is 12.4. The monoisotopic (exact) mass is 385 g/mol. The summed E-state index contributed by atoms with van der Waals surface area (Å²) in [6.45, 7) is 2.12. The number of ether oxygens (including phenoxy) is 1. The van der Waals surface area contributed by atoms with E-state index in [9.17, 15) is 4.57 Å². The molecule has 0 amide bonds. The molecule has 0 fully saturated rings. The molecule has 1 unspecified atom stereocenters. The van der Waals surface area contributed by atoms with Crippen LogP contribution in [0.15, 0.2) is 47.1 Å². The molecule has 0 aliphatic heterocycles. The zero-order chi connectivity index (χ0) is 16.0. The van der Waals surface area contributed by atoms with Crippen LogP contribution in [0.2, 0.25) is 0 Å². The van der Waals surface area contributed by atoms with E-state index < -0.39 is 7.60 Å². The summed E-state index contributed by atoms with van der Waals surface area (Å²) in [6.07, 6.45) is 1.85. The number of hydrogen-bond acceptors (Lipinski definition) is 5. The number of nitrogens with zero attached hydrogens (tertiary/aromatic N) is 1. The van der Waals surface area contributed by atoms with E-state index >= 15 is 0 Å². The van der Waals surface area contributed by atoms with Gasteiger partial charge in [0.05, 0.1) is 12.8 Å².